The van der Waals surface area contributed by atoms with E-state index in [1.165, 1.54) is 11.8 Å². The van der Waals surface area contributed by atoms with Crippen molar-refractivity contribution in [1.82, 2.24) is 9.80 Å². The zero-order valence-electron chi connectivity index (χ0n) is 12.5. The lowest BCUT2D eigenvalue weighted by Crippen LogP contribution is -2.48. The molecule has 1 saturated heterocycles. The highest BCUT2D eigenvalue weighted by molar-refractivity contribution is 8.13. The number of hydrogen-bond acceptors (Lipinski definition) is 5. The molecule has 5 nitrogen and oxygen atoms in total. The van der Waals surface area contributed by atoms with Crippen LogP contribution in [-0.4, -0.2) is 60.6 Å². The fourth-order valence-electron chi connectivity index (χ4n) is 2.27. The van der Waals surface area contributed by atoms with Gasteiger partial charge in [0.05, 0.1) is 0 Å². The van der Waals surface area contributed by atoms with E-state index >= 15 is 0 Å². The lowest BCUT2D eigenvalue weighted by molar-refractivity contribution is 0.155. The third-order valence-corrected chi connectivity index (χ3v) is 4.43. The Morgan fingerprint density at radius 1 is 1.32 bits per heavy atom. The molecule has 0 radical (unpaired) electrons. The quantitative estimate of drug-likeness (QED) is 0.480. The van der Waals surface area contributed by atoms with Crippen LogP contribution in [0.4, 0.5) is 0 Å². The molecule has 0 unspecified atom stereocenters. The first-order valence-corrected chi connectivity index (χ1v) is 8.69. The molecule has 0 bridgehead atoms. The number of hydrogen-bond donors (Lipinski definition) is 0. The molecule has 1 fully saturated rings. The van der Waals surface area contributed by atoms with Gasteiger partial charge in [0.15, 0.2) is 5.17 Å². The lowest BCUT2D eigenvalue weighted by Gasteiger charge is -2.35. The average molecular weight is 339 g/mol. The molecule has 0 aliphatic carbocycles. The monoisotopic (exact) mass is 338 g/mol. The summed E-state index contributed by atoms with van der Waals surface area (Å²) in [7, 11) is 0. The first kappa shape index (κ1) is 16.9. The fraction of sp³-hybridized carbons (Fsp3) is 0.467. The summed E-state index contributed by atoms with van der Waals surface area (Å²) in [6.45, 7) is 5.23. The molecule has 0 aromatic heterocycles. The molecular weight excluding hydrogens is 320 g/mol. The van der Waals surface area contributed by atoms with Crippen molar-refractivity contribution < 1.29 is 4.74 Å². The molecule has 7 heteroatoms. The van der Waals surface area contributed by atoms with Gasteiger partial charge in [-0.15, -0.1) is 4.99 Å². The van der Waals surface area contributed by atoms with Crippen LogP contribution in [0.15, 0.2) is 29.3 Å². The molecule has 0 atom stereocenters. The van der Waals surface area contributed by atoms with Gasteiger partial charge in [-0.1, -0.05) is 23.4 Å². The maximum absolute atomic E-state index is 8.68. The second-order valence-electron chi connectivity index (χ2n) is 4.83. The summed E-state index contributed by atoms with van der Waals surface area (Å²) in [5.41, 5.74) is 0. The topological polar surface area (TPSA) is 51.9 Å². The number of nitrogens with zero attached hydrogens (tertiary/aromatic N) is 4. The molecule has 1 heterocycles. The summed E-state index contributed by atoms with van der Waals surface area (Å²) < 4.78 is 5.71. The first-order chi connectivity index (χ1) is 10.7. The second kappa shape index (κ2) is 8.89. The molecule has 0 N–H and O–H groups in total. The Morgan fingerprint density at radius 3 is 2.59 bits per heavy atom. The SMILES string of the molecule is CSC(=NC#N)N1CCN(CCOc2ccc(Cl)cc2)CC1. The van der Waals surface area contributed by atoms with Gasteiger partial charge in [0.2, 0.25) is 6.19 Å². The Kier molecular flexibility index (Phi) is 6.84. The number of thioether (sulfide) groups is 1. The van der Waals surface area contributed by atoms with E-state index in [1.807, 2.05) is 36.7 Å². The van der Waals surface area contributed by atoms with E-state index in [0.717, 1.165) is 43.6 Å². The van der Waals surface area contributed by atoms with Gasteiger partial charge >= 0.3 is 0 Å². The van der Waals surface area contributed by atoms with Crippen molar-refractivity contribution in [3.63, 3.8) is 0 Å². The predicted octanol–water partition coefficient (Wildman–Crippen LogP) is 2.54. The van der Waals surface area contributed by atoms with Crippen LogP contribution in [0.5, 0.6) is 5.75 Å². The summed E-state index contributed by atoms with van der Waals surface area (Å²) in [5.74, 6) is 0.842. The summed E-state index contributed by atoms with van der Waals surface area (Å²) in [4.78, 5) is 8.37. The summed E-state index contributed by atoms with van der Waals surface area (Å²) in [6.07, 6.45) is 3.81. The van der Waals surface area contributed by atoms with Gasteiger partial charge in [-0.05, 0) is 30.5 Å². The van der Waals surface area contributed by atoms with Crippen molar-refractivity contribution in [2.24, 2.45) is 4.99 Å². The van der Waals surface area contributed by atoms with Crippen molar-refractivity contribution >= 4 is 28.5 Å². The smallest absolute Gasteiger partial charge is 0.208 e. The van der Waals surface area contributed by atoms with Crippen molar-refractivity contribution in [2.45, 2.75) is 0 Å². The van der Waals surface area contributed by atoms with Gasteiger partial charge in [-0.2, -0.15) is 5.26 Å². The molecule has 0 spiro atoms. The zero-order chi connectivity index (χ0) is 15.8. The summed E-state index contributed by atoms with van der Waals surface area (Å²) in [5, 5.41) is 10.2. The highest BCUT2D eigenvalue weighted by atomic mass is 35.5. The molecule has 2 rings (SSSR count). The predicted molar refractivity (Wildman–Crippen MR) is 91.5 cm³/mol. The van der Waals surface area contributed by atoms with E-state index in [4.69, 9.17) is 21.6 Å². The summed E-state index contributed by atoms with van der Waals surface area (Å²) in [6, 6.07) is 7.41. The lowest BCUT2D eigenvalue weighted by atomic mass is 10.3. The van der Waals surface area contributed by atoms with E-state index in [1.54, 1.807) is 0 Å². The third-order valence-electron chi connectivity index (χ3n) is 3.46. The standard InChI is InChI=1S/C15H19ClN4OS/c1-22-15(18-12-17)20-8-6-19(7-9-20)10-11-21-14-4-2-13(16)3-5-14/h2-5H,6-11H2,1H3. The minimum absolute atomic E-state index is 0.656. The Labute approximate surface area is 140 Å². The molecule has 1 aliphatic heterocycles. The molecule has 118 valence electrons. The van der Waals surface area contributed by atoms with Crippen LogP contribution in [0.25, 0.3) is 0 Å². The first-order valence-electron chi connectivity index (χ1n) is 7.09. The highest BCUT2D eigenvalue weighted by Crippen LogP contribution is 2.15. The molecule has 1 aliphatic rings. The number of piperazine rings is 1. The number of aliphatic imine (C=N–C) groups is 1. The largest absolute Gasteiger partial charge is 0.492 e. The van der Waals surface area contributed by atoms with E-state index in [2.05, 4.69) is 14.8 Å². The fourth-order valence-corrected chi connectivity index (χ4v) is 2.97. The average Bonchev–Trinajstić information content (AvgIpc) is 2.55. The number of benzene rings is 1. The second-order valence-corrected chi connectivity index (χ2v) is 6.04. The van der Waals surface area contributed by atoms with Gasteiger partial charge in [0, 0.05) is 37.7 Å². The highest BCUT2D eigenvalue weighted by Gasteiger charge is 2.19. The van der Waals surface area contributed by atoms with Crippen molar-refractivity contribution in [1.29, 1.82) is 5.26 Å². The number of rotatable bonds is 4. The van der Waals surface area contributed by atoms with Gasteiger partial charge in [0.25, 0.3) is 0 Å². The van der Waals surface area contributed by atoms with Crippen molar-refractivity contribution in [3.8, 4) is 11.9 Å². The maximum Gasteiger partial charge on any atom is 0.208 e. The van der Waals surface area contributed by atoms with Crippen LogP contribution < -0.4 is 4.74 Å². The van der Waals surface area contributed by atoms with Crippen LogP contribution in [0, 0.1) is 11.5 Å². The number of amidine groups is 1. The summed E-state index contributed by atoms with van der Waals surface area (Å²) >= 11 is 7.36. The minimum atomic E-state index is 0.656. The number of halogens is 1. The van der Waals surface area contributed by atoms with Crippen LogP contribution in [0.3, 0.4) is 0 Å². The van der Waals surface area contributed by atoms with Crippen molar-refractivity contribution in [3.05, 3.63) is 29.3 Å². The number of nitriles is 1. The van der Waals surface area contributed by atoms with Crippen LogP contribution in [0.1, 0.15) is 0 Å². The van der Waals surface area contributed by atoms with E-state index < -0.39 is 0 Å². The normalized spacial score (nSPS) is 16.4. The molecule has 1 aromatic rings. The van der Waals surface area contributed by atoms with Gasteiger partial charge in [0.1, 0.15) is 12.4 Å². The Bertz CT molecular complexity index is 535. The Balaban J connectivity index is 1.70. The van der Waals surface area contributed by atoms with E-state index in [0.29, 0.717) is 11.6 Å². The van der Waals surface area contributed by atoms with E-state index in [-0.39, 0.29) is 0 Å². The molecule has 0 amide bonds. The van der Waals surface area contributed by atoms with E-state index in [9.17, 15) is 0 Å². The van der Waals surface area contributed by atoms with Gasteiger partial charge < -0.3 is 9.64 Å². The zero-order valence-corrected chi connectivity index (χ0v) is 14.1. The minimum Gasteiger partial charge on any atom is -0.492 e. The number of ether oxygens (including phenoxy) is 1. The maximum atomic E-state index is 8.68. The van der Waals surface area contributed by atoms with Crippen LogP contribution >= 0.6 is 23.4 Å². The Hall–Kier alpha value is -1.42. The molecule has 1 aromatic carbocycles. The third kappa shape index (κ3) is 5.09. The molecular formula is C15H19ClN4OS. The van der Waals surface area contributed by atoms with Gasteiger partial charge in [-0.25, -0.2) is 0 Å². The van der Waals surface area contributed by atoms with Crippen molar-refractivity contribution in [2.75, 3.05) is 45.6 Å². The molecule has 22 heavy (non-hydrogen) atoms. The van der Waals surface area contributed by atoms with Crippen LogP contribution in [0.2, 0.25) is 5.02 Å². The molecule has 0 saturated carbocycles. The van der Waals surface area contributed by atoms with Gasteiger partial charge in [-0.3, -0.25) is 4.90 Å². The Morgan fingerprint density at radius 2 is 2.00 bits per heavy atom. The van der Waals surface area contributed by atoms with Crippen LogP contribution in [-0.2, 0) is 0 Å².